The minimum Gasteiger partial charge on any atom is -0.468 e. The van der Waals surface area contributed by atoms with Crippen LogP contribution in [-0.2, 0) is 19.6 Å². The van der Waals surface area contributed by atoms with Gasteiger partial charge < -0.3 is 13.6 Å². The van der Waals surface area contributed by atoms with Crippen LogP contribution in [-0.4, -0.2) is 27.5 Å². The van der Waals surface area contributed by atoms with Crippen molar-refractivity contribution in [2.24, 2.45) is 5.92 Å². The van der Waals surface area contributed by atoms with E-state index in [0.717, 1.165) is 10.9 Å². The molecule has 7 nitrogen and oxygen atoms in total. The van der Waals surface area contributed by atoms with Crippen LogP contribution in [0.4, 0.5) is 0 Å². The molecular formula is C22H20ClNO6S. The summed E-state index contributed by atoms with van der Waals surface area (Å²) in [5.41, 5.74) is 1.90. The van der Waals surface area contributed by atoms with Crippen molar-refractivity contribution in [3.63, 3.8) is 0 Å². The van der Waals surface area contributed by atoms with Crippen molar-refractivity contribution in [3.05, 3.63) is 53.8 Å². The third-order valence-electron chi connectivity index (χ3n) is 5.01. The Morgan fingerprint density at radius 3 is 2.42 bits per heavy atom. The van der Waals surface area contributed by atoms with E-state index in [-0.39, 0.29) is 16.0 Å². The Bertz CT molecular complexity index is 1390. The highest BCUT2D eigenvalue weighted by Crippen LogP contribution is 2.34. The summed E-state index contributed by atoms with van der Waals surface area (Å²) in [5, 5.41) is 1.68. The van der Waals surface area contributed by atoms with Gasteiger partial charge in [0.2, 0.25) is 10.0 Å². The van der Waals surface area contributed by atoms with Gasteiger partial charge in [0, 0.05) is 16.3 Å². The molecule has 0 saturated heterocycles. The number of rotatable bonds is 6. The first-order chi connectivity index (χ1) is 14.7. The van der Waals surface area contributed by atoms with E-state index < -0.39 is 22.0 Å². The summed E-state index contributed by atoms with van der Waals surface area (Å²) in [4.78, 5) is 12.0. The second-order valence-corrected chi connectivity index (χ2v) is 9.53. The molecule has 4 aromatic rings. The Hall–Kier alpha value is -2.81. The average molecular weight is 462 g/mol. The van der Waals surface area contributed by atoms with E-state index in [0.29, 0.717) is 22.3 Å². The van der Waals surface area contributed by atoms with Crippen LogP contribution in [0.1, 0.15) is 13.8 Å². The maximum absolute atomic E-state index is 12.9. The van der Waals surface area contributed by atoms with Crippen LogP contribution < -0.4 is 4.72 Å². The predicted octanol–water partition coefficient (Wildman–Crippen LogP) is 4.98. The standard InChI is InChI=1S/C22H20ClNO6S/c1-12(2)21(22(25)28-3)24-31(26,27)14-5-7-18-16(11-14)15-6-4-13(10-19(15)29-18)17-8-9-20(23)30-17/h4-12,21,24H,1-3H3/t21-/m1/s1. The minimum atomic E-state index is -3.97. The maximum atomic E-state index is 12.9. The molecule has 0 fully saturated rings. The Morgan fingerprint density at radius 2 is 1.77 bits per heavy atom. The molecule has 2 aromatic carbocycles. The van der Waals surface area contributed by atoms with Crippen molar-refractivity contribution in [2.45, 2.75) is 24.8 Å². The van der Waals surface area contributed by atoms with Gasteiger partial charge in [0.15, 0.2) is 5.22 Å². The van der Waals surface area contributed by atoms with Crippen LogP contribution >= 0.6 is 11.6 Å². The number of benzene rings is 2. The minimum absolute atomic E-state index is 0.0270. The Morgan fingerprint density at radius 1 is 1.00 bits per heavy atom. The normalized spacial score (nSPS) is 13.2. The van der Waals surface area contributed by atoms with Gasteiger partial charge in [-0.25, -0.2) is 8.42 Å². The molecule has 0 bridgehead atoms. The molecule has 1 N–H and O–H groups in total. The van der Waals surface area contributed by atoms with Crippen LogP contribution in [0, 0.1) is 5.92 Å². The van der Waals surface area contributed by atoms with Crippen LogP contribution in [0.15, 0.2) is 62.3 Å². The molecule has 4 rings (SSSR count). The lowest BCUT2D eigenvalue weighted by Crippen LogP contribution is -2.44. The first-order valence-corrected chi connectivity index (χ1v) is 11.4. The number of sulfonamides is 1. The van der Waals surface area contributed by atoms with Crippen molar-refractivity contribution in [1.29, 1.82) is 0 Å². The van der Waals surface area contributed by atoms with Gasteiger partial charge in [-0.3, -0.25) is 4.79 Å². The summed E-state index contributed by atoms with van der Waals surface area (Å²) in [6, 6.07) is 12.5. The molecule has 31 heavy (non-hydrogen) atoms. The maximum Gasteiger partial charge on any atom is 0.324 e. The highest BCUT2D eigenvalue weighted by molar-refractivity contribution is 7.89. The van der Waals surface area contributed by atoms with Crippen LogP contribution in [0.5, 0.6) is 0 Å². The zero-order chi connectivity index (χ0) is 22.3. The number of carbonyl (C=O) groups is 1. The van der Waals surface area contributed by atoms with Gasteiger partial charge in [-0.05, 0) is 60.0 Å². The second-order valence-electron chi connectivity index (χ2n) is 7.44. The van der Waals surface area contributed by atoms with E-state index in [4.69, 9.17) is 25.2 Å². The lowest BCUT2D eigenvalue weighted by Gasteiger charge is -2.19. The number of fused-ring (bicyclic) bond motifs is 3. The third-order valence-corrected chi connectivity index (χ3v) is 6.66. The monoisotopic (exact) mass is 461 g/mol. The number of furan rings is 2. The lowest BCUT2D eigenvalue weighted by atomic mass is 10.1. The van der Waals surface area contributed by atoms with Crippen molar-refractivity contribution in [2.75, 3.05) is 7.11 Å². The van der Waals surface area contributed by atoms with Gasteiger partial charge in [-0.15, -0.1) is 0 Å². The molecule has 162 valence electrons. The van der Waals surface area contributed by atoms with Crippen molar-refractivity contribution in [1.82, 2.24) is 4.72 Å². The fourth-order valence-electron chi connectivity index (χ4n) is 3.36. The van der Waals surface area contributed by atoms with Crippen molar-refractivity contribution in [3.8, 4) is 11.3 Å². The molecule has 0 saturated carbocycles. The number of ether oxygens (including phenoxy) is 1. The molecule has 0 unspecified atom stereocenters. The predicted molar refractivity (Wildman–Crippen MR) is 117 cm³/mol. The van der Waals surface area contributed by atoms with E-state index in [2.05, 4.69) is 4.72 Å². The average Bonchev–Trinajstić information content (AvgIpc) is 3.33. The Labute approximate surface area is 184 Å². The molecule has 1 atom stereocenters. The van der Waals surface area contributed by atoms with Gasteiger partial charge in [-0.1, -0.05) is 19.9 Å². The number of hydrogen-bond donors (Lipinski definition) is 1. The van der Waals surface area contributed by atoms with Crippen molar-refractivity contribution >= 4 is 49.5 Å². The topological polar surface area (TPSA) is 98.8 Å². The Balaban J connectivity index is 1.74. The Kier molecular flexibility index (Phi) is 5.55. The molecule has 0 aliphatic rings. The zero-order valence-electron chi connectivity index (χ0n) is 17.0. The first kappa shape index (κ1) is 21.4. The highest BCUT2D eigenvalue weighted by Gasteiger charge is 2.29. The van der Waals surface area contributed by atoms with E-state index >= 15 is 0 Å². The van der Waals surface area contributed by atoms with E-state index in [1.807, 2.05) is 18.2 Å². The fraction of sp³-hybridized carbons (Fsp3) is 0.227. The quantitative estimate of drug-likeness (QED) is 0.407. The molecule has 0 spiro atoms. The van der Waals surface area contributed by atoms with Gasteiger partial charge >= 0.3 is 5.97 Å². The van der Waals surface area contributed by atoms with Crippen molar-refractivity contribution < 1.29 is 26.8 Å². The van der Waals surface area contributed by atoms with Gasteiger partial charge in [0.05, 0.1) is 12.0 Å². The largest absolute Gasteiger partial charge is 0.468 e. The summed E-state index contributed by atoms with van der Waals surface area (Å²) in [6.45, 7) is 3.47. The highest BCUT2D eigenvalue weighted by atomic mass is 35.5. The van der Waals surface area contributed by atoms with Gasteiger partial charge in [0.1, 0.15) is 23.0 Å². The number of hydrogen-bond acceptors (Lipinski definition) is 6. The summed E-state index contributed by atoms with van der Waals surface area (Å²) in [5.74, 6) is -0.324. The van der Waals surface area contributed by atoms with Crippen LogP contribution in [0.3, 0.4) is 0 Å². The SMILES string of the molecule is COC(=O)[C@H](NS(=O)(=O)c1ccc2oc3cc(-c4ccc(Cl)o4)ccc3c2c1)C(C)C. The molecule has 0 aliphatic carbocycles. The number of nitrogens with one attached hydrogen (secondary N) is 1. The van der Waals surface area contributed by atoms with Crippen LogP contribution in [0.25, 0.3) is 33.3 Å². The second kappa shape index (κ2) is 8.03. The summed E-state index contributed by atoms with van der Waals surface area (Å²) >= 11 is 5.86. The number of esters is 1. The number of methoxy groups -OCH3 is 1. The molecule has 0 amide bonds. The number of carbonyl (C=O) groups excluding carboxylic acids is 1. The molecule has 0 radical (unpaired) electrons. The molecular weight excluding hydrogens is 442 g/mol. The summed E-state index contributed by atoms with van der Waals surface area (Å²) < 4.78 is 44.4. The van der Waals surface area contributed by atoms with E-state index in [9.17, 15) is 13.2 Å². The lowest BCUT2D eigenvalue weighted by molar-refractivity contribution is -0.143. The molecule has 2 heterocycles. The summed E-state index contributed by atoms with van der Waals surface area (Å²) in [7, 11) is -2.75. The van der Waals surface area contributed by atoms with E-state index in [1.54, 1.807) is 32.0 Å². The van der Waals surface area contributed by atoms with E-state index in [1.165, 1.54) is 19.2 Å². The first-order valence-electron chi connectivity index (χ1n) is 9.52. The van der Waals surface area contributed by atoms with Gasteiger partial charge in [0.25, 0.3) is 0 Å². The molecule has 0 aliphatic heterocycles. The van der Waals surface area contributed by atoms with Crippen LogP contribution in [0.2, 0.25) is 5.22 Å². The molecule has 9 heteroatoms. The molecule has 2 aromatic heterocycles. The smallest absolute Gasteiger partial charge is 0.324 e. The number of halogens is 1. The van der Waals surface area contributed by atoms with Gasteiger partial charge in [-0.2, -0.15) is 4.72 Å². The summed E-state index contributed by atoms with van der Waals surface area (Å²) in [6.07, 6.45) is 0. The fourth-order valence-corrected chi connectivity index (χ4v) is 4.87. The third kappa shape index (κ3) is 4.06. The zero-order valence-corrected chi connectivity index (χ0v) is 18.6.